The molecule has 0 aliphatic carbocycles. The molecule has 0 unspecified atom stereocenters. The van der Waals surface area contributed by atoms with E-state index in [-0.39, 0.29) is 17.2 Å². The minimum Gasteiger partial charge on any atom is -0.478 e. The zero-order chi connectivity index (χ0) is 15.4. The lowest BCUT2D eigenvalue weighted by molar-refractivity contribution is -0.113. The predicted molar refractivity (Wildman–Crippen MR) is 78.7 cm³/mol. The van der Waals surface area contributed by atoms with Crippen molar-refractivity contribution in [3.63, 3.8) is 0 Å². The monoisotopic (exact) mass is 306 g/mol. The summed E-state index contributed by atoms with van der Waals surface area (Å²) < 4.78 is 4.85. The van der Waals surface area contributed by atoms with Gasteiger partial charge in [-0.25, -0.2) is 4.79 Å². The van der Waals surface area contributed by atoms with Gasteiger partial charge in [-0.3, -0.25) is 4.79 Å². The Morgan fingerprint density at radius 3 is 2.71 bits per heavy atom. The summed E-state index contributed by atoms with van der Waals surface area (Å²) in [4.78, 5) is 23.5. The summed E-state index contributed by atoms with van der Waals surface area (Å²) in [5, 5.41) is 15.3. The van der Waals surface area contributed by atoms with Crippen molar-refractivity contribution in [3.05, 3.63) is 41.2 Å². The quantitative estimate of drug-likeness (QED) is 0.825. The van der Waals surface area contributed by atoms with E-state index in [1.807, 2.05) is 0 Å². The summed E-state index contributed by atoms with van der Waals surface area (Å²) in [6.07, 6.45) is 0. The molecule has 0 aliphatic heterocycles. The molecule has 0 fully saturated rings. The number of aromatic carboxylic acids is 1. The van der Waals surface area contributed by atoms with Gasteiger partial charge < -0.3 is 14.9 Å². The molecule has 2 aromatic rings. The Kier molecular flexibility index (Phi) is 4.64. The third-order valence-corrected chi connectivity index (χ3v) is 3.70. The number of anilines is 1. The van der Waals surface area contributed by atoms with E-state index in [1.165, 1.54) is 11.8 Å². The Hall–Kier alpha value is -2.28. The molecule has 7 heteroatoms. The number of aryl methyl sites for hydroxylation is 2. The molecule has 1 aromatic carbocycles. The van der Waals surface area contributed by atoms with Crippen molar-refractivity contribution in [2.75, 3.05) is 11.1 Å². The average Bonchev–Trinajstić information content (AvgIpc) is 2.82. The molecule has 2 rings (SSSR count). The third-order valence-electron chi connectivity index (χ3n) is 2.70. The van der Waals surface area contributed by atoms with Crippen LogP contribution >= 0.6 is 11.8 Å². The maximum absolute atomic E-state index is 11.8. The number of hydrogen-bond acceptors (Lipinski definition) is 5. The smallest absolute Gasteiger partial charge is 0.335 e. The van der Waals surface area contributed by atoms with E-state index in [9.17, 15) is 9.59 Å². The second-order valence-electron chi connectivity index (χ2n) is 4.44. The number of nitrogens with zero attached hydrogens (tertiary/aromatic N) is 1. The molecule has 0 radical (unpaired) electrons. The van der Waals surface area contributed by atoms with Gasteiger partial charge in [-0.2, -0.15) is 0 Å². The standard InChI is InChI=1S/C14H14N2O4S/c1-8-3-4-10(6-11(8)14(18)19)21-7-13(17)15-12-5-9(2)20-16-12/h3-6H,7H2,1-2H3,(H,18,19)(H,15,16,17). The van der Waals surface area contributed by atoms with E-state index < -0.39 is 5.97 Å². The van der Waals surface area contributed by atoms with Gasteiger partial charge in [0.15, 0.2) is 5.82 Å². The number of hydrogen-bond donors (Lipinski definition) is 2. The molecule has 21 heavy (non-hydrogen) atoms. The van der Waals surface area contributed by atoms with E-state index in [4.69, 9.17) is 9.63 Å². The first-order chi connectivity index (χ1) is 9.95. The number of nitrogens with one attached hydrogen (secondary N) is 1. The van der Waals surface area contributed by atoms with Crippen LogP contribution in [0, 0.1) is 13.8 Å². The van der Waals surface area contributed by atoms with Gasteiger partial charge in [0.1, 0.15) is 5.76 Å². The highest BCUT2D eigenvalue weighted by Gasteiger charge is 2.10. The lowest BCUT2D eigenvalue weighted by Gasteiger charge is -2.05. The molecule has 0 bridgehead atoms. The van der Waals surface area contributed by atoms with Crippen molar-refractivity contribution in [1.82, 2.24) is 5.16 Å². The fourth-order valence-corrected chi connectivity index (χ4v) is 2.41. The van der Waals surface area contributed by atoms with Crippen LogP contribution in [0.15, 0.2) is 33.7 Å². The van der Waals surface area contributed by atoms with Crippen LogP contribution in [0.2, 0.25) is 0 Å². The summed E-state index contributed by atoms with van der Waals surface area (Å²) in [6, 6.07) is 6.71. The Morgan fingerprint density at radius 2 is 2.10 bits per heavy atom. The average molecular weight is 306 g/mol. The van der Waals surface area contributed by atoms with Crippen LogP contribution in [-0.4, -0.2) is 27.9 Å². The van der Waals surface area contributed by atoms with E-state index in [0.717, 1.165) is 4.90 Å². The van der Waals surface area contributed by atoms with Crippen LogP contribution in [0.5, 0.6) is 0 Å². The van der Waals surface area contributed by atoms with Gasteiger partial charge in [0, 0.05) is 11.0 Å². The number of carboxylic acid groups (broad SMARTS) is 1. The second kappa shape index (κ2) is 6.45. The normalized spacial score (nSPS) is 10.4. The summed E-state index contributed by atoms with van der Waals surface area (Å²) in [5.41, 5.74) is 0.932. The molecule has 0 saturated carbocycles. The topological polar surface area (TPSA) is 92.4 Å². The molecule has 110 valence electrons. The van der Waals surface area contributed by atoms with Gasteiger partial charge in [0.05, 0.1) is 11.3 Å². The number of carbonyl (C=O) groups is 2. The van der Waals surface area contributed by atoms with Crippen molar-refractivity contribution >= 4 is 29.5 Å². The van der Waals surface area contributed by atoms with Crippen LogP contribution in [0.1, 0.15) is 21.7 Å². The van der Waals surface area contributed by atoms with Crippen LogP contribution in [0.3, 0.4) is 0 Å². The molecule has 0 spiro atoms. The van der Waals surface area contributed by atoms with E-state index in [0.29, 0.717) is 17.1 Å². The first-order valence-electron chi connectivity index (χ1n) is 6.15. The van der Waals surface area contributed by atoms with Gasteiger partial charge in [0.2, 0.25) is 5.91 Å². The molecular formula is C14H14N2O4S. The number of thioether (sulfide) groups is 1. The number of carboxylic acids is 1. The van der Waals surface area contributed by atoms with Gasteiger partial charge in [0.25, 0.3) is 0 Å². The fourth-order valence-electron chi connectivity index (χ4n) is 1.67. The van der Waals surface area contributed by atoms with E-state index in [2.05, 4.69) is 10.5 Å². The molecule has 6 nitrogen and oxygen atoms in total. The first kappa shape index (κ1) is 15.1. The van der Waals surface area contributed by atoms with Crippen molar-refractivity contribution in [2.45, 2.75) is 18.7 Å². The number of benzene rings is 1. The van der Waals surface area contributed by atoms with Crippen molar-refractivity contribution < 1.29 is 19.2 Å². The second-order valence-corrected chi connectivity index (χ2v) is 5.49. The molecular weight excluding hydrogens is 292 g/mol. The molecule has 0 aliphatic rings. The zero-order valence-electron chi connectivity index (χ0n) is 11.5. The van der Waals surface area contributed by atoms with Gasteiger partial charge in [-0.05, 0) is 31.5 Å². The largest absolute Gasteiger partial charge is 0.478 e. The van der Waals surface area contributed by atoms with Gasteiger partial charge >= 0.3 is 5.97 Å². The van der Waals surface area contributed by atoms with Gasteiger partial charge in [-0.1, -0.05) is 11.2 Å². The number of rotatable bonds is 5. The first-order valence-corrected chi connectivity index (χ1v) is 7.14. The minimum atomic E-state index is -0.975. The van der Waals surface area contributed by atoms with Crippen LogP contribution in [0.4, 0.5) is 5.82 Å². The summed E-state index contributed by atoms with van der Waals surface area (Å²) in [7, 11) is 0. The minimum absolute atomic E-state index is 0.161. The summed E-state index contributed by atoms with van der Waals surface area (Å²) in [5.74, 6) is -0.0624. The van der Waals surface area contributed by atoms with Crippen molar-refractivity contribution in [2.24, 2.45) is 0 Å². The van der Waals surface area contributed by atoms with Gasteiger partial charge in [-0.15, -0.1) is 11.8 Å². The highest BCUT2D eigenvalue weighted by atomic mass is 32.2. The highest BCUT2D eigenvalue weighted by Crippen LogP contribution is 2.22. The third kappa shape index (κ3) is 4.09. The number of carbonyl (C=O) groups excluding carboxylic acids is 1. The zero-order valence-corrected chi connectivity index (χ0v) is 12.4. The summed E-state index contributed by atoms with van der Waals surface area (Å²) in [6.45, 7) is 3.47. The van der Waals surface area contributed by atoms with Crippen LogP contribution in [0.25, 0.3) is 0 Å². The van der Waals surface area contributed by atoms with E-state index >= 15 is 0 Å². The molecule has 1 amide bonds. The lowest BCUT2D eigenvalue weighted by atomic mass is 10.1. The molecule has 1 heterocycles. The highest BCUT2D eigenvalue weighted by molar-refractivity contribution is 8.00. The predicted octanol–water partition coefficient (Wildman–Crippen LogP) is 2.72. The Morgan fingerprint density at radius 1 is 1.33 bits per heavy atom. The molecule has 0 saturated heterocycles. The molecule has 2 N–H and O–H groups in total. The maximum Gasteiger partial charge on any atom is 0.335 e. The Bertz CT molecular complexity index is 681. The number of aromatic nitrogens is 1. The Balaban J connectivity index is 1.95. The maximum atomic E-state index is 11.8. The summed E-state index contributed by atoms with van der Waals surface area (Å²) >= 11 is 1.26. The molecule has 0 atom stereocenters. The lowest BCUT2D eigenvalue weighted by Crippen LogP contribution is -2.14. The number of amides is 1. The van der Waals surface area contributed by atoms with Crippen LogP contribution < -0.4 is 5.32 Å². The SMILES string of the molecule is Cc1cc(NC(=O)CSc2ccc(C)c(C(=O)O)c2)no1. The van der Waals surface area contributed by atoms with E-state index in [1.54, 1.807) is 38.1 Å². The van der Waals surface area contributed by atoms with Crippen LogP contribution in [-0.2, 0) is 4.79 Å². The Labute approximate surface area is 125 Å². The van der Waals surface area contributed by atoms with Crippen molar-refractivity contribution in [3.8, 4) is 0 Å². The molecule has 1 aromatic heterocycles. The fraction of sp³-hybridized carbons (Fsp3) is 0.214. The van der Waals surface area contributed by atoms with Crippen molar-refractivity contribution in [1.29, 1.82) is 0 Å².